The van der Waals surface area contributed by atoms with E-state index in [1.54, 1.807) is 0 Å². The topological polar surface area (TPSA) is 63.3 Å². The van der Waals surface area contributed by atoms with E-state index < -0.39 is 5.97 Å². The molecule has 0 saturated heterocycles. The molecule has 0 aromatic rings. The molecular formula is C14H27NO2. The van der Waals surface area contributed by atoms with Gasteiger partial charge in [0.15, 0.2) is 0 Å². The average Bonchev–Trinajstić information content (AvgIpc) is 2.19. The van der Waals surface area contributed by atoms with E-state index in [1.807, 2.05) is 0 Å². The molecule has 2 atom stereocenters. The van der Waals surface area contributed by atoms with Gasteiger partial charge in [0.25, 0.3) is 0 Å². The molecule has 1 aliphatic carbocycles. The fraction of sp³-hybridized carbons (Fsp3) is 0.929. The fourth-order valence-corrected chi connectivity index (χ4v) is 2.47. The number of aliphatic carboxylic acids is 1. The minimum absolute atomic E-state index is 0.100. The molecule has 3 N–H and O–H groups in total. The quantitative estimate of drug-likeness (QED) is 0.609. The van der Waals surface area contributed by atoms with Crippen molar-refractivity contribution in [2.45, 2.75) is 70.8 Å². The molecule has 1 rings (SSSR count). The Labute approximate surface area is 105 Å². The van der Waals surface area contributed by atoms with Crippen LogP contribution in [0, 0.1) is 11.8 Å². The Morgan fingerprint density at radius 1 is 1.35 bits per heavy atom. The van der Waals surface area contributed by atoms with Crippen LogP contribution in [-0.4, -0.2) is 17.1 Å². The van der Waals surface area contributed by atoms with Gasteiger partial charge in [0.2, 0.25) is 0 Å². The lowest BCUT2D eigenvalue weighted by Crippen LogP contribution is -2.30. The molecule has 0 spiro atoms. The summed E-state index contributed by atoms with van der Waals surface area (Å²) in [7, 11) is 0. The Morgan fingerprint density at radius 2 is 2.06 bits per heavy atom. The highest BCUT2D eigenvalue weighted by Crippen LogP contribution is 2.31. The third kappa shape index (κ3) is 6.06. The Morgan fingerprint density at radius 3 is 2.59 bits per heavy atom. The van der Waals surface area contributed by atoms with Gasteiger partial charge in [-0.2, -0.15) is 0 Å². The van der Waals surface area contributed by atoms with Crippen LogP contribution in [0.1, 0.15) is 64.7 Å². The lowest BCUT2D eigenvalue weighted by molar-refractivity contribution is -0.137. The van der Waals surface area contributed by atoms with E-state index in [0.717, 1.165) is 12.3 Å². The molecule has 1 aliphatic rings. The third-order valence-corrected chi connectivity index (χ3v) is 4.14. The van der Waals surface area contributed by atoms with Gasteiger partial charge in [0.1, 0.15) is 0 Å². The van der Waals surface area contributed by atoms with Gasteiger partial charge in [-0.3, -0.25) is 4.79 Å². The van der Waals surface area contributed by atoms with Crippen molar-refractivity contribution in [2.24, 2.45) is 17.6 Å². The molecule has 0 heterocycles. The van der Waals surface area contributed by atoms with E-state index in [9.17, 15) is 4.79 Å². The maximum Gasteiger partial charge on any atom is 0.304 e. The maximum absolute atomic E-state index is 10.5. The van der Waals surface area contributed by atoms with Crippen LogP contribution in [0.15, 0.2) is 0 Å². The SMILES string of the molecule is C[C@H](CCCCCC1CCC1)[C@H](N)CC(=O)O. The van der Waals surface area contributed by atoms with Crippen LogP contribution < -0.4 is 5.73 Å². The maximum atomic E-state index is 10.5. The fourth-order valence-electron chi connectivity index (χ4n) is 2.47. The van der Waals surface area contributed by atoms with Crippen LogP contribution in [0.4, 0.5) is 0 Å². The van der Waals surface area contributed by atoms with E-state index in [-0.39, 0.29) is 12.5 Å². The minimum atomic E-state index is -0.783. The normalized spacial score (nSPS) is 19.6. The van der Waals surface area contributed by atoms with Crippen molar-refractivity contribution in [1.82, 2.24) is 0 Å². The first-order chi connectivity index (χ1) is 8.09. The van der Waals surface area contributed by atoms with Crippen molar-refractivity contribution in [1.29, 1.82) is 0 Å². The number of carbonyl (C=O) groups is 1. The van der Waals surface area contributed by atoms with Gasteiger partial charge >= 0.3 is 5.97 Å². The highest BCUT2D eigenvalue weighted by atomic mass is 16.4. The molecule has 100 valence electrons. The summed E-state index contributed by atoms with van der Waals surface area (Å²) >= 11 is 0. The van der Waals surface area contributed by atoms with Crippen LogP contribution >= 0.6 is 0 Å². The molecular weight excluding hydrogens is 214 g/mol. The second-order valence-electron chi connectivity index (χ2n) is 5.67. The third-order valence-electron chi connectivity index (χ3n) is 4.14. The number of unbranched alkanes of at least 4 members (excludes halogenated alkanes) is 2. The summed E-state index contributed by atoms with van der Waals surface area (Å²) in [4.78, 5) is 10.5. The van der Waals surface area contributed by atoms with Crippen molar-refractivity contribution in [3.05, 3.63) is 0 Å². The first kappa shape index (κ1) is 14.5. The zero-order valence-corrected chi connectivity index (χ0v) is 11.0. The zero-order chi connectivity index (χ0) is 12.7. The first-order valence-electron chi connectivity index (χ1n) is 7.07. The first-order valence-corrected chi connectivity index (χ1v) is 7.07. The molecule has 0 aliphatic heterocycles. The standard InChI is InChI=1S/C14H27NO2/c1-11(13(15)10-14(16)17)6-3-2-4-7-12-8-5-9-12/h11-13H,2-10,15H2,1H3,(H,16,17)/t11-,13-/m1/s1. The predicted octanol–water partition coefficient (Wildman–Crippen LogP) is 3.18. The largest absolute Gasteiger partial charge is 0.481 e. The van der Waals surface area contributed by atoms with Crippen molar-refractivity contribution in [2.75, 3.05) is 0 Å². The Hall–Kier alpha value is -0.570. The van der Waals surface area contributed by atoms with Crippen molar-refractivity contribution in [3.8, 4) is 0 Å². The van der Waals surface area contributed by atoms with Crippen LogP contribution in [0.25, 0.3) is 0 Å². The minimum Gasteiger partial charge on any atom is -0.481 e. The predicted molar refractivity (Wildman–Crippen MR) is 69.8 cm³/mol. The van der Waals surface area contributed by atoms with Crippen LogP contribution in [-0.2, 0) is 4.79 Å². The summed E-state index contributed by atoms with van der Waals surface area (Å²) < 4.78 is 0. The molecule has 0 unspecified atom stereocenters. The Balaban J connectivity index is 1.94. The van der Waals surface area contributed by atoms with Gasteiger partial charge in [0, 0.05) is 6.04 Å². The molecule has 1 fully saturated rings. The zero-order valence-electron chi connectivity index (χ0n) is 11.0. The van der Waals surface area contributed by atoms with Gasteiger partial charge in [-0.15, -0.1) is 0 Å². The lowest BCUT2D eigenvalue weighted by atomic mass is 9.81. The second-order valence-corrected chi connectivity index (χ2v) is 5.67. The Bertz CT molecular complexity index is 226. The van der Waals surface area contributed by atoms with Gasteiger partial charge in [-0.25, -0.2) is 0 Å². The van der Waals surface area contributed by atoms with Crippen molar-refractivity contribution >= 4 is 5.97 Å². The number of rotatable bonds is 9. The van der Waals surface area contributed by atoms with Crippen molar-refractivity contribution < 1.29 is 9.90 Å². The summed E-state index contributed by atoms with van der Waals surface area (Å²) in [5.41, 5.74) is 5.83. The van der Waals surface area contributed by atoms with E-state index in [2.05, 4.69) is 6.92 Å². The van der Waals surface area contributed by atoms with Crippen LogP contribution in [0.2, 0.25) is 0 Å². The van der Waals surface area contributed by atoms with Gasteiger partial charge < -0.3 is 10.8 Å². The number of carboxylic acid groups (broad SMARTS) is 1. The average molecular weight is 241 g/mol. The van der Waals surface area contributed by atoms with E-state index >= 15 is 0 Å². The van der Waals surface area contributed by atoms with Gasteiger partial charge in [-0.05, 0) is 18.3 Å². The van der Waals surface area contributed by atoms with Gasteiger partial charge in [0.05, 0.1) is 6.42 Å². The molecule has 1 saturated carbocycles. The molecule has 17 heavy (non-hydrogen) atoms. The van der Waals surface area contributed by atoms with E-state index in [0.29, 0.717) is 5.92 Å². The summed E-state index contributed by atoms with van der Waals surface area (Å²) in [5, 5.41) is 8.66. The van der Waals surface area contributed by atoms with E-state index in [1.165, 1.54) is 44.9 Å². The molecule has 0 radical (unpaired) electrons. The summed E-state index contributed by atoms with van der Waals surface area (Å²) in [6.45, 7) is 2.07. The summed E-state index contributed by atoms with van der Waals surface area (Å²) in [5.74, 6) is 0.561. The number of hydrogen-bond donors (Lipinski definition) is 2. The number of carboxylic acids is 1. The number of hydrogen-bond acceptors (Lipinski definition) is 2. The second kappa shape index (κ2) is 7.70. The van der Waals surface area contributed by atoms with Crippen LogP contribution in [0.5, 0.6) is 0 Å². The monoisotopic (exact) mass is 241 g/mol. The van der Waals surface area contributed by atoms with Crippen molar-refractivity contribution in [3.63, 3.8) is 0 Å². The molecule has 0 aromatic carbocycles. The molecule has 0 aromatic heterocycles. The molecule has 0 bridgehead atoms. The molecule has 0 amide bonds. The Kier molecular flexibility index (Phi) is 6.56. The number of nitrogens with two attached hydrogens (primary N) is 1. The van der Waals surface area contributed by atoms with E-state index in [4.69, 9.17) is 10.8 Å². The summed E-state index contributed by atoms with van der Waals surface area (Å²) in [6, 6.07) is -0.181. The molecule has 3 heteroatoms. The smallest absolute Gasteiger partial charge is 0.304 e. The molecule has 3 nitrogen and oxygen atoms in total. The van der Waals surface area contributed by atoms with Crippen LogP contribution in [0.3, 0.4) is 0 Å². The summed E-state index contributed by atoms with van der Waals surface area (Å²) in [6.07, 6.45) is 10.7. The highest BCUT2D eigenvalue weighted by Gasteiger charge is 2.17. The highest BCUT2D eigenvalue weighted by molar-refractivity contribution is 5.67. The lowest BCUT2D eigenvalue weighted by Gasteiger charge is -2.25. The van der Waals surface area contributed by atoms with Gasteiger partial charge in [-0.1, -0.05) is 51.9 Å².